The molecule has 0 spiro atoms. The second-order valence-electron chi connectivity index (χ2n) is 7.50. The number of nitrogens with one attached hydrogen (secondary N) is 1. The van der Waals surface area contributed by atoms with Gasteiger partial charge in [0.1, 0.15) is 12.4 Å². The number of hydrazone groups is 1. The van der Waals surface area contributed by atoms with Gasteiger partial charge >= 0.3 is 0 Å². The minimum atomic E-state index is -0.537. The van der Waals surface area contributed by atoms with Crippen molar-refractivity contribution < 1.29 is 14.6 Å². The summed E-state index contributed by atoms with van der Waals surface area (Å²) in [6, 6.07) is 21.9. The molecule has 0 atom stereocenters. The number of ether oxygens (including phenoxy) is 1. The lowest BCUT2D eigenvalue weighted by atomic mass is 10.1. The molecule has 7 heteroatoms. The summed E-state index contributed by atoms with van der Waals surface area (Å²) in [5.74, 6) is -0.284. The number of fused-ring (bicyclic) bond motifs is 1. The van der Waals surface area contributed by atoms with Crippen molar-refractivity contribution in [2.45, 2.75) is 13.5 Å². The molecule has 0 unspecified atom stereocenters. The van der Waals surface area contributed by atoms with E-state index in [0.717, 1.165) is 16.3 Å². The molecule has 0 saturated carbocycles. The number of halogens is 2. The quantitative estimate of drug-likeness (QED) is 0.245. The van der Waals surface area contributed by atoms with Crippen molar-refractivity contribution in [1.29, 1.82) is 0 Å². The summed E-state index contributed by atoms with van der Waals surface area (Å²) in [5, 5.41) is 16.5. The van der Waals surface area contributed by atoms with Crippen LogP contribution in [0.4, 0.5) is 0 Å². The van der Waals surface area contributed by atoms with E-state index >= 15 is 0 Å². The van der Waals surface area contributed by atoms with Crippen molar-refractivity contribution in [2.75, 3.05) is 0 Å². The highest BCUT2D eigenvalue weighted by atomic mass is 35.5. The highest BCUT2D eigenvalue weighted by molar-refractivity contribution is 6.37. The van der Waals surface area contributed by atoms with Gasteiger partial charge in [0.25, 0.3) is 5.91 Å². The van der Waals surface area contributed by atoms with Crippen LogP contribution in [0.3, 0.4) is 0 Å². The van der Waals surface area contributed by atoms with Gasteiger partial charge in [-0.1, -0.05) is 77.3 Å². The summed E-state index contributed by atoms with van der Waals surface area (Å²) in [6.45, 7) is 2.35. The topological polar surface area (TPSA) is 70.9 Å². The molecule has 0 aliphatic carbocycles. The first-order valence-electron chi connectivity index (χ1n) is 10.1. The molecule has 166 valence electrons. The number of aryl methyl sites for hydroxylation is 1. The predicted molar refractivity (Wildman–Crippen MR) is 133 cm³/mol. The van der Waals surface area contributed by atoms with E-state index in [1.807, 2.05) is 55.5 Å². The third-order valence-electron chi connectivity index (χ3n) is 5.01. The Hall–Kier alpha value is -3.54. The van der Waals surface area contributed by atoms with Gasteiger partial charge in [-0.15, -0.1) is 0 Å². The molecule has 4 aromatic rings. The molecular weight excluding hydrogens is 459 g/mol. The van der Waals surface area contributed by atoms with E-state index in [1.165, 1.54) is 11.8 Å². The monoisotopic (exact) mass is 478 g/mol. The van der Waals surface area contributed by atoms with Crippen molar-refractivity contribution in [3.8, 4) is 11.5 Å². The lowest BCUT2D eigenvalue weighted by Gasteiger charge is -2.11. The van der Waals surface area contributed by atoms with E-state index in [9.17, 15) is 9.90 Å². The highest BCUT2D eigenvalue weighted by Crippen LogP contribution is 2.34. The minimum Gasteiger partial charge on any atom is -0.507 e. The molecule has 4 rings (SSSR count). The molecule has 0 saturated heterocycles. The first-order valence-corrected chi connectivity index (χ1v) is 10.9. The average molecular weight is 479 g/mol. The molecule has 0 aliphatic heterocycles. The van der Waals surface area contributed by atoms with Gasteiger partial charge in [-0.3, -0.25) is 4.79 Å². The first kappa shape index (κ1) is 22.6. The maximum Gasteiger partial charge on any atom is 0.275 e. The van der Waals surface area contributed by atoms with Crippen molar-refractivity contribution in [1.82, 2.24) is 5.43 Å². The smallest absolute Gasteiger partial charge is 0.275 e. The highest BCUT2D eigenvalue weighted by Gasteiger charge is 2.13. The van der Waals surface area contributed by atoms with Crippen LogP contribution in [0.15, 0.2) is 77.9 Å². The third-order valence-corrected chi connectivity index (χ3v) is 5.57. The van der Waals surface area contributed by atoms with Crippen LogP contribution in [-0.4, -0.2) is 17.2 Å². The molecule has 33 heavy (non-hydrogen) atoms. The lowest BCUT2D eigenvalue weighted by Crippen LogP contribution is -2.17. The molecule has 0 aliphatic rings. The fraction of sp³-hybridized carbons (Fsp3) is 0.0769. The summed E-state index contributed by atoms with van der Waals surface area (Å²) in [4.78, 5) is 12.5. The molecule has 2 N–H and O–H groups in total. The fourth-order valence-electron chi connectivity index (χ4n) is 3.27. The number of aromatic hydroxyl groups is 1. The van der Waals surface area contributed by atoms with Gasteiger partial charge in [0, 0.05) is 0 Å². The minimum absolute atomic E-state index is 0.123. The number of carbonyl (C=O) groups excluding carboxylic acids is 1. The van der Waals surface area contributed by atoms with Gasteiger partial charge in [-0.2, -0.15) is 5.10 Å². The van der Waals surface area contributed by atoms with Gasteiger partial charge in [0.2, 0.25) is 0 Å². The number of hydrogen-bond donors (Lipinski definition) is 2. The van der Waals surface area contributed by atoms with Crippen LogP contribution in [0.5, 0.6) is 11.5 Å². The van der Waals surface area contributed by atoms with Crippen molar-refractivity contribution in [3.05, 3.63) is 105 Å². The SMILES string of the molecule is Cc1ccc(COc2c(Cl)cc(C=NNC(=O)c3cc4ccccc4cc3O)cc2Cl)cc1. The fourth-order valence-corrected chi connectivity index (χ4v) is 3.88. The molecule has 5 nitrogen and oxygen atoms in total. The normalized spacial score (nSPS) is 11.1. The Morgan fingerprint density at radius 1 is 1.00 bits per heavy atom. The van der Waals surface area contributed by atoms with Crippen LogP contribution in [0.1, 0.15) is 27.0 Å². The Balaban J connectivity index is 1.43. The molecule has 0 radical (unpaired) electrons. The van der Waals surface area contributed by atoms with Gasteiger partial charge in [0.05, 0.1) is 21.8 Å². The molecule has 1 amide bonds. The zero-order chi connectivity index (χ0) is 23.4. The molecule has 4 aromatic carbocycles. The number of benzene rings is 4. The molecule has 0 heterocycles. The van der Waals surface area contributed by atoms with Crippen LogP contribution in [0.2, 0.25) is 10.0 Å². The maximum atomic E-state index is 12.5. The van der Waals surface area contributed by atoms with Crippen molar-refractivity contribution in [2.24, 2.45) is 5.10 Å². The maximum absolute atomic E-state index is 12.5. The van der Waals surface area contributed by atoms with Crippen LogP contribution in [0.25, 0.3) is 10.8 Å². The van der Waals surface area contributed by atoms with Gasteiger partial charge in [0.15, 0.2) is 5.75 Å². The largest absolute Gasteiger partial charge is 0.507 e. The summed E-state index contributed by atoms with van der Waals surface area (Å²) in [5.41, 5.74) is 5.28. The van der Waals surface area contributed by atoms with Gasteiger partial charge < -0.3 is 9.84 Å². The van der Waals surface area contributed by atoms with Crippen LogP contribution >= 0.6 is 23.2 Å². The van der Waals surface area contributed by atoms with E-state index in [1.54, 1.807) is 24.3 Å². The average Bonchev–Trinajstić information content (AvgIpc) is 2.79. The summed E-state index contributed by atoms with van der Waals surface area (Å²) in [6.07, 6.45) is 1.41. The Kier molecular flexibility index (Phi) is 6.82. The van der Waals surface area contributed by atoms with E-state index in [-0.39, 0.29) is 11.3 Å². The number of hydrogen-bond acceptors (Lipinski definition) is 4. The molecule has 0 fully saturated rings. The number of amides is 1. The predicted octanol–water partition coefficient (Wildman–Crippen LogP) is 6.50. The Bertz CT molecular complexity index is 1330. The third kappa shape index (κ3) is 5.45. The molecule has 0 aromatic heterocycles. The molecule has 0 bridgehead atoms. The van der Waals surface area contributed by atoms with E-state index in [0.29, 0.717) is 28.0 Å². The van der Waals surface area contributed by atoms with E-state index < -0.39 is 5.91 Å². The zero-order valence-electron chi connectivity index (χ0n) is 17.7. The number of rotatable bonds is 6. The number of nitrogens with zero attached hydrogens (tertiary/aromatic N) is 1. The first-order chi connectivity index (χ1) is 15.9. The number of phenols is 1. The summed E-state index contributed by atoms with van der Waals surface area (Å²) in [7, 11) is 0. The van der Waals surface area contributed by atoms with Crippen molar-refractivity contribution >= 4 is 46.1 Å². The summed E-state index contributed by atoms with van der Waals surface area (Å²) >= 11 is 12.7. The zero-order valence-corrected chi connectivity index (χ0v) is 19.2. The lowest BCUT2D eigenvalue weighted by molar-refractivity contribution is 0.0952. The summed E-state index contributed by atoms with van der Waals surface area (Å²) < 4.78 is 5.79. The van der Waals surface area contributed by atoms with Gasteiger partial charge in [-0.25, -0.2) is 5.43 Å². The van der Waals surface area contributed by atoms with Crippen LogP contribution in [0, 0.1) is 6.92 Å². The number of carbonyl (C=O) groups is 1. The van der Waals surface area contributed by atoms with E-state index in [2.05, 4.69) is 10.5 Å². The molecular formula is C26H20Cl2N2O3. The van der Waals surface area contributed by atoms with Crippen LogP contribution < -0.4 is 10.2 Å². The Labute approximate surface area is 201 Å². The standard InChI is InChI=1S/C26H20Cl2N2O3/c1-16-6-8-17(9-7-16)15-33-25-22(27)10-18(11-23(25)28)14-29-30-26(32)21-12-19-4-2-3-5-20(19)13-24(21)31/h2-14,31H,15H2,1H3,(H,30,32). The second-order valence-corrected chi connectivity index (χ2v) is 8.32. The van der Waals surface area contributed by atoms with Crippen molar-refractivity contribution in [3.63, 3.8) is 0 Å². The Morgan fingerprint density at radius 2 is 1.64 bits per heavy atom. The van der Waals surface area contributed by atoms with Crippen LogP contribution in [-0.2, 0) is 6.61 Å². The Morgan fingerprint density at radius 3 is 2.30 bits per heavy atom. The van der Waals surface area contributed by atoms with Gasteiger partial charge in [-0.05, 0) is 53.1 Å². The number of phenolic OH excluding ortho intramolecular Hbond substituents is 1. The van der Waals surface area contributed by atoms with E-state index in [4.69, 9.17) is 27.9 Å². The second kappa shape index (κ2) is 9.94.